The normalized spacial score (nSPS) is 19.0. The number of alkyl carbamates (subject to hydrolysis) is 1. The summed E-state index contributed by atoms with van der Waals surface area (Å²) in [6, 6.07) is 17.2. The molecule has 1 heterocycles. The van der Waals surface area contributed by atoms with E-state index in [1.807, 2.05) is 60.7 Å². The van der Waals surface area contributed by atoms with Crippen molar-refractivity contribution in [2.24, 2.45) is 0 Å². The lowest BCUT2D eigenvalue weighted by Gasteiger charge is -2.30. The topological polar surface area (TPSA) is 111 Å². The van der Waals surface area contributed by atoms with Crippen LogP contribution in [0, 0.1) is 0 Å². The first kappa shape index (κ1) is 26.5. The minimum atomic E-state index is -1.50. The molecule has 1 fully saturated rings. The first-order valence-corrected chi connectivity index (χ1v) is 11.6. The van der Waals surface area contributed by atoms with Crippen molar-refractivity contribution in [1.29, 1.82) is 0 Å². The number of hydrogen-bond donors (Lipinski definition) is 1. The molecular weight excluding hydrogens is 464 g/mol. The number of benzene rings is 2. The molecule has 0 spiro atoms. The fourth-order valence-electron chi connectivity index (χ4n) is 4.15. The van der Waals surface area contributed by atoms with E-state index in [9.17, 15) is 19.2 Å². The van der Waals surface area contributed by atoms with Gasteiger partial charge in [0.25, 0.3) is 5.91 Å². The quantitative estimate of drug-likeness (QED) is 0.324. The first-order chi connectivity index (χ1) is 17.3. The Balaban J connectivity index is 1.97. The molecule has 0 radical (unpaired) electrons. The molecule has 36 heavy (non-hydrogen) atoms. The molecule has 1 aliphatic heterocycles. The van der Waals surface area contributed by atoms with Gasteiger partial charge in [-0.15, -0.1) is 0 Å². The van der Waals surface area contributed by atoms with Crippen LogP contribution in [0.4, 0.5) is 4.79 Å². The van der Waals surface area contributed by atoms with E-state index >= 15 is 0 Å². The van der Waals surface area contributed by atoms with Gasteiger partial charge in [0, 0.05) is 24.6 Å². The molecule has 2 atom stereocenters. The Labute approximate surface area is 210 Å². The van der Waals surface area contributed by atoms with E-state index in [1.165, 1.54) is 25.0 Å². The molecule has 2 aromatic rings. The maximum atomic E-state index is 13.9. The number of hydrogen-bond acceptors (Lipinski definition) is 7. The Morgan fingerprint density at radius 2 is 1.64 bits per heavy atom. The van der Waals surface area contributed by atoms with Gasteiger partial charge in [-0.05, 0) is 25.0 Å². The van der Waals surface area contributed by atoms with Gasteiger partial charge in [-0.25, -0.2) is 14.4 Å². The van der Waals surface area contributed by atoms with E-state index in [1.54, 1.807) is 6.92 Å². The number of amides is 2. The molecule has 3 rings (SSSR count). The predicted molar refractivity (Wildman–Crippen MR) is 130 cm³/mol. The maximum absolute atomic E-state index is 13.9. The second-order valence-electron chi connectivity index (χ2n) is 8.37. The summed E-state index contributed by atoms with van der Waals surface area (Å²) in [5.41, 5.74) is 0.287. The van der Waals surface area contributed by atoms with E-state index in [0.29, 0.717) is 0 Å². The fraction of sp³-hybridized carbons (Fsp3) is 0.333. The highest BCUT2D eigenvalue weighted by Gasteiger charge is 2.53. The molecule has 0 aromatic heterocycles. The molecular formula is C27H30N2O7. The molecule has 9 heteroatoms. The van der Waals surface area contributed by atoms with Crippen LogP contribution in [-0.4, -0.2) is 54.1 Å². The molecule has 1 saturated heterocycles. The predicted octanol–water partition coefficient (Wildman–Crippen LogP) is 3.14. The van der Waals surface area contributed by atoms with Crippen LogP contribution in [0.15, 0.2) is 72.4 Å². The standard InChI is InChI=1S/C27H30N2O7/c1-4-35-23(30)15-22-17-27(16-20-11-7-5-8-12-20,25(32)29(22)19(2)24(31)34-3)28-26(33)36-18-21-13-9-6-10-14-21/h5-15,19H,4,16-18H2,1-3H3,(H,28,33)/b22-15+/t19?,27-/m1/s1. The zero-order valence-corrected chi connectivity index (χ0v) is 20.6. The average Bonchev–Trinajstić information content (AvgIpc) is 3.13. The number of ether oxygens (including phenoxy) is 3. The molecule has 0 saturated carbocycles. The summed E-state index contributed by atoms with van der Waals surface area (Å²) < 4.78 is 15.3. The smallest absolute Gasteiger partial charge is 0.408 e. The van der Waals surface area contributed by atoms with Crippen molar-refractivity contribution in [1.82, 2.24) is 10.2 Å². The lowest BCUT2D eigenvalue weighted by molar-refractivity contribution is -0.150. The van der Waals surface area contributed by atoms with Crippen LogP contribution in [0.25, 0.3) is 0 Å². The Morgan fingerprint density at radius 3 is 2.22 bits per heavy atom. The Bertz CT molecular complexity index is 1120. The van der Waals surface area contributed by atoms with E-state index in [4.69, 9.17) is 14.2 Å². The molecule has 1 aliphatic rings. The van der Waals surface area contributed by atoms with Crippen LogP contribution in [0.2, 0.25) is 0 Å². The van der Waals surface area contributed by atoms with E-state index < -0.39 is 35.5 Å². The summed E-state index contributed by atoms with van der Waals surface area (Å²) in [5, 5.41) is 2.74. The van der Waals surface area contributed by atoms with Crippen molar-refractivity contribution in [2.45, 2.75) is 44.9 Å². The molecule has 2 aromatic carbocycles. The van der Waals surface area contributed by atoms with Crippen molar-refractivity contribution in [3.63, 3.8) is 0 Å². The summed E-state index contributed by atoms with van der Waals surface area (Å²) in [7, 11) is 1.21. The number of likely N-dealkylation sites (tertiary alicyclic amines) is 1. The van der Waals surface area contributed by atoms with E-state index in [-0.39, 0.29) is 31.8 Å². The molecule has 1 unspecified atom stereocenters. The minimum Gasteiger partial charge on any atom is -0.467 e. The van der Waals surface area contributed by atoms with Crippen LogP contribution in [0.5, 0.6) is 0 Å². The first-order valence-electron chi connectivity index (χ1n) is 11.6. The molecule has 9 nitrogen and oxygen atoms in total. The lowest BCUT2D eigenvalue weighted by Crippen LogP contribution is -2.57. The lowest BCUT2D eigenvalue weighted by atomic mass is 9.88. The van der Waals surface area contributed by atoms with Crippen LogP contribution >= 0.6 is 0 Å². The third kappa shape index (κ3) is 6.29. The minimum absolute atomic E-state index is 0.0100. The molecule has 190 valence electrons. The van der Waals surface area contributed by atoms with Crippen LogP contribution in [-0.2, 0) is 41.6 Å². The zero-order chi connectivity index (χ0) is 26.1. The summed E-state index contributed by atoms with van der Waals surface area (Å²) in [6.07, 6.45) is 0.426. The van der Waals surface area contributed by atoms with E-state index in [2.05, 4.69) is 5.32 Å². The van der Waals surface area contributed by atoms with Crippen molar-refractivity contribution < 1.29 is 33.4 Å². The monoisotopic (exact) mass is 494 g/mol. The highest BCUT2D eigenvalue weighted by molar-refractivity contribution is 5.98. The van der Waals surface area contributed by atoms with Gasteiger partial charge in [0.15, 0.2) is 0 Å². The van der Waals surface area contributed by atoms with Gasteiger partial charge in [0.1, 0.15) is 18.2 Å². The van der Waals surface area contributed by atoms with Gasteiger partial charge < -0.3 is 19.5 Å². The van der Waals surface area contributed by atoms with Crippen LogP contribution in [0.3, 0.4) is 0 Å². The van der Waals surface area contributed by atoms with Crippen molar-refractivity contribution in [3.8, 4) is 0 Å². The summed E-state index contributed by atoms with van der Waals surface area (Å²) in [4.78, 5) is 52.7. The number of esters is 2. The maximum Gasteiger partial charge on any atom is 0.408 e. The Kier molecular flexibility index (Phi) is 8.83. The second kappa shape index (κ2) is 12.0. The van der Waals surface area contributed by atoms with Crippen molar-refractivity contribution in [2.75, 3.05) is 13.7 Å². The number of methoxy groups -OCH3 is 1. The summed E-state index contributed by atoms with van der Waals surface area (Å²) in [5.74, 6) is -1.89. The van der Waals surface area contributed by atoms with Gasteiger partial charge in [-0.3, -0.25) is 9.69 Å². The Morgan fingerprint density at radius 1 is 1.03 bits per heavy atom. The number of nitrogens with one attached hydrogen (secondary N) is 1. The van der Waals surface area contributed by atoms with E-state index in [0.717, 1.165) is 11.1 Å². The van der Waals surface area contributed by atoms with Crippen molar-refractivity contribution in [3.05, 3.63) is 83.6 Å². The van der Waals surface area contributed by atoms with Gasteiger partial charge in [0.2, 0.25) is 0 Å². The number of carbonyl (C=O) groups is 4. The largest absolute Gasteiger partial charge is 0.467 e. The number of nitrogens with zero attached hydrogens (tertiary/aromatic N) is 1. The summed E-state index contributed by atoms with van der Waals surface area (Å²) >= 11 is 0. The zero-order valence-electron chi connectivity index (χ0n) is 20.6. The third-order valence-electron chi connectivity index (χ3n) is 5.82. The van der Waals surface area contributed by atoms with Crippen molar-refractivity contribution >= 4 is 23.9 Å². The molecule has 2 amide bonds. The SMILES string of the molecule is CCOC(=O)/C=C1\C[C@@](Cc2ccccc2)(NC(=O)OCc2ccccc2)C(=O)N1C(C)C(=O)OC. The van der Waals surface area contributed by atoms with Gasteiger partial charge in [-0.2, -0.15) is 0 Å². The number of rotatable bonds is 9. The number of carbonyl (C=O) groups excluding carboxylic acids is 4. The van der Waals surface area contributed by atoms with Crippen LogP contribution in [0.1, 0.15) is 31.4 Å². The molecule has 1 N–H and O–H groups in total. The fourth-order valence-corrected chi connectivity index (χ4v) is 4.15. The van der Waals surface area contributed by atoms with Crippen LogP contribution < -0.4 is 5.32 Å². The molecule has 0 bridgehead atoms. The van der Waals surface area contributed by atoms with Gasteiger partial charge in [-0.1, -0.05) is 60.7 Å². The third-order valence-corrected chi connectivity index (χ3v) is 5.82. The van der Waals surface area contributed by atoms with Gasteiger partial charge >= 0.3 is 18.0 Å². The molecule has 0 aliphatic carbocycles. The highest BCUT2D eigenvalue weighted by Crippen LogP contribution is 2.36. The second-order valence-corrected chi connectivity index (χ2v) is 8.37. The Hall–Kier alpha value is -4.14. The van der Waals surface area contributed by atoms with Gasteiger partial charge in [0.05, 0.1) is 13.7 Å². The average molecular weight is 495 g/mol. The highest BCUT2D eigenvalue weighted by atomic mass is 16.5. The summed E-state index contributed by atoms with van der Waals surface area (Å²) in [6.45, 7) is 3.31.